The highest BCUT2D eigenvalue weighted by Crippen LogP contribution is 2.71. The van der Waals surface area contributed by atoms with E-state index < -0.39 is 27.2 Å². The van der Waals surface area contributed by atoms with Gasteiger partial charge in [0, 0.05) is 41.1 Å². The van der Waals surface area contributed by atoms with E-state index in [-0.39, 0.29) is 25.0 Å². The van der Waals surface area contributed by atoms with Crippen LogP contribution in [0.3, 0.4) is 0 Å². The molecular formula is C13H18IN5O8P2. The molecule has 29 heavy (non-hydrogen) atoms. The molecule has 2 fully saturated rings. The quantitative estimate of drug-likeness (QED) is 0.184. The van der Waals surface area contributed by atoms with E-state index in [0.29, 0.717) is 27.2 Å². The van der Waals surface area contributed by atoms with Crippen LogP contribution < -0.4 is 5.32 Å². The van der Waals surface area contributed by atoms with Crippen LogP contribution in [-0.4, -0.2) is 58.9 Å². The molecule has 2 saturated carbocycles. The molecule has 0 aromatic carbocycles. The van der Waals surface area contributed by atoms with E-state index in [1.807, 2.05) is 22.6 Å². The second-order valence-electron chi connectivity index (χ2n) is 7.11. The molecule has 1 unspecified atom stereocenters. The minimum Gasteiger partial charge on any atom is -0.371 e. The lowest BCUT2D eigenvalue weighted by atomic mass is 10.0. The highest BCUT2D eigenvalue weighted by atomic mass is 127. The van der Waals surface area contributed by atoms with Crippen molar-refractivity contribution in [2.75, 3.05) is 19.0 Å². The van der Waals surface area contributed by atoms with Crippen molar-refractivity contribution in [1.82, 2.24) is 19.5 Å². The van der Waals surface area contributed by atoms with Gasteiger partial charge in [0.15, 0.2) is 20.8 Å². The molecule has 2 aliphatic rings. The van der Waals surface area contributed by atoms with Crippen molar-refractivity contribution < 1.29 is 37.8 Å². The Bertz CT molecular complexity index is 1060. The first kappa shape index (κ1) is 21.5. The van der Waals surface area contributed by atoms with E-state index in [4.69, 9.17) is 14.3 Å². The fourth-order valence-corrected chi connectivity index (χ4v) is 5.76. The van der Waals surface area contributed by atoms with Crippen LogP contribution in [-0.2, 0) is 18.2 Å². The molecule has 160 valence electrons. The summed E-state index contributed by atoms with van der Waals surface area (Å²) < 4.78 is 34.6. The van der Waals surface area contributed by atoms with Gasteiger partial charge in [0.05, 0.1) is 19.0 Å². The van der Waals surface area contributed by atoms with Gasteiger partial charge in [0.1, 0.15) is 0 Å². The van der Waals surface area contributed by atoms with E-state index in [1.54, 1.807) is 17.9 Å². The van der Waals surface area contributed by atoms with Crippen LogP contribution in [0.2, 0.25) is 0 Å². The first-order valence-electron chi connectivity index (χ1n) is 8.45. The Morgan fingerprint density at radius 2 is 2.03 bits per heavy atom. The number of halogens is 1. The van der Waals surface area contributed by atoms with Gasteiger partial charge in [0.2, 0.25) is 0 Å². The summed E-state index contributed by atoms with van der Waals surface area (Å²) in [5.74, 6) is 0.375. The van der Waals surface area contributed by atoms with Gasteiger partial charge in [-0.1, -0.05) is 0 Å². The van der Waals surface area contributed by atoms with Crippen LogP contribution in [0.4, 0.5) is 5.82 Å². The highest BCUT2D eigenvalue weighted by molar-refractivity contribution is 14.1. The average Bonchev–Trinajstić information content (AvgIpc) is 3.07. The molecule has 2 aromatic rings. The van der Waals surface area contributed by atoms with Crippen LogP contribution in [0.15, 0.2) is 6.33 Å². The van der Waals surface area contributed by atoms with Gasteiger partial charge in [-0.05, 0) is 18.8 Å². The Hall–Kier alpha value is -0.700. The minimum atomic E-state index is -4.82. The predicted octanol–water partition coefficient (Wildman–Crippen LogP) is 1.01. The topological polar surface area (TPSA) is 189 Å². The van der Waals surface area contributed by atoms with Gasteiger partial charge in [-0.3, -0.25) is 9.05 Å². The van der Waals surface area contributed by atoms with Crippen LogP contribution in [0.1, 0.15) is 18.9 Å². The van der Waals surface area contributed by atoms with Crippen molar-refractivity contribution in [3.63, 3.8) is 0 Å². The Labute approximate surface area is 177 Å². The number of imidazole rings is 1. The summed E-state index contributed by atoms with van der Waals surface area (Å²) in [6, 6.07) is -0.285. The minimum absolute atomic E-state index is 0.173. The molecule has 2 heterocycles. The smallest absolute Gasteiger partial charge is 0.371 e. The van der Waals surface area contributed by atoms with Crippen molar-refractivity contribution >= 4 is 55.2 Å². The maximum atomic E-state index is 11.5. The van der Waals surface area contributed by atoms with Gasteiger partial charge in [-0.25, -0.2) is 24.1 Å². The summed E-state index contributed by atoms with van der Waals surface area (Å²) in [6.45, 7) is -0.371. The average molecular weight is 561 g/mol. The number of fused-ring (bicyclic) bond motifs is 2. The maximum absolute atomic E-state index is 11.5. The summed E-state index contributed by atoms with van der Waals surface area (Å²) in [7, 11) is -7.85. The number of hydrogen-bond acceptors (Lipinski definition) is 8. The highest BCUT2D eigenvalue weighted by Gasteiger charge is 2.70. The summed E-state index contributed by atoms with van der Waals surface area (Å²) in [5.41, 5.74) is 0.187. The molecule has 0 radical (unpaired) electrons. The fraction of sp³-hybridized carbons (Fsp3) is 0.615. The lowest BCUT2D eigenvalue weighted by Crippen LogP contribution is -2.26. The Kier molecular flexibility index (Phi) is 5.33. The lowest BCUT2D eigenvalue weighted by molar-refractivity contribution is 0.0499. The molecule has 4 atom stereocenters. The zero-order chi connectivity index (χ0) is 21.2. The molecule has 0 saturated heterocycles. The van der Waals surface area contributed by atoms with Crippen molar-refractivity contribution in [2.24, 2.45) is 11.3 Å². The summed E-state index contributed by atoms with van der Waals surface area (Å²) in [4.78, 5) is 49.8. The summed E-state index contributed by atoms with van der Waals surface area (Å²) >= 11 is 1.98. The fourth-order valence-electron chi connectivity index (χ4n) is 4.25. The third kappa shape index (κ3) is 4.10. The van der Waals surface area contributed by atoms with Gasteiger partial charge in [-0.2, -0.15) is 0 Å². The normalized spacial score (nSPS) is 29.2. The first-order valence-corrected chi connectivity index (χ1v) is 12.6. The van der Waals surface area contributed by atoms with E-state index >= 15 is 0 Å². The number of hydrogen-bond donors (Lipinski definition) is 5. The molecule has 13 nitrogen and oxygen atoms in total. The van der Waals surface area contributed by atoms with E-state index in [9.17, 15) is 18.9 Å². The van der Waals surface area contributed by atoms with Crippen molar-refractivity contribution in [1.29, 1.82) is 0 Å². The molecular weight excluding hydrogens is 543 g/mol. The Morgan fingerprint density at radius 1 is 1.31 bits per heavy atom. The molecule has 2 aromatic heterocycles. The first-order chi connectivity index (χ1) is 13.4. The van der Waals surface area contributed by atoms with Gasteiger partial charge >= 0.3 is 15.6 Å². The number of nitrogens with one attached hydrogen (secondary N) is 1. The molecule has 16 heteroatoms. The summed E-state index contributed by atoms with van der Waals surface area (Å²) in [6.07, 6.45) is 1.28. The maximum Gasteiger partial charge on any atom is 0.469 e. The van der Waals surface area contributed by atoms with Crippen LogP contribution in [0.5, 0.6) is 0 Å². The number of anilines is 1. The molecule has 2 aliphatic carbocycles. The standard InChI is InChI=1S/C13H18IN5O8P2/c1-15-10-9-11(18-12(14)17-10)19(5-16-9)7-2-8(27-29(23,24)25)13(3-6(7)13)4-26-28(20,21)22/h5-8H,2-4H2,1H3,(H,15,17,18)(H2,20,21,22)(H2,23,24,25)/t6?,7-,8-,13-/m0/s1. The Morgan fingerprint density at radius 3 is 2.66 bits per heavy atom. The largest absolute Gasteiger partial charge is 0.469 e. The molecule has 4 rings (SSSR count). The number of phosphoric ester groups is 2. The Balaban J connectivity index is 1.70. The van der Waals surface area contributed by atoms with Crippen molar-refractivity contribution in [3.05, 3.63) is 10.2 Å². The molecule has 0 aliphatic heterocycles. The van der Waals surface area contributed by atoms with E-state index in [1.165, 1.54) is 0 Å². The van der Waals surface area contributed by atoms with Crippen LogP contribution in [0.25, 0.3) is 11.2 Å². The van der Waals surface area contributed by atoms with Gasteiger partial charge in [-0.15, -0.1) is 0 Å². The van der Waals surface area contributed by atoms with Crippen molar-refractivity contribution in [3.8, 4) is 0 Å². The predicted molar refractivity (Wildman–Crippen MR) is 107 cm³/mol. The molecule has 0 amide bonds. The monoisotopic (exact) mass is 561 g/mol. The third-order valence-corrected chi connectivity index (χ3v) is 6.97. The van der Waals surface area contributed by atoms with E-state index in [0.717, 1.165) is 0 Å². The third-order valence-electron chi connectivity index (χ3n) is 5.49. The van der Waals surface area contributed by atoms with Gasteiger partial charge in [0.25, 0.3) is 0 Å². The van der Waals surface area contributed by atoms with Crippen LogP contribution in [0, 0.1) is 15.2 Å². The van der Waals surface area contributed by atoms with Crippen LogP contribution >= 0.6 is 38.2 Å². The second kappa shape index (κ2) is 7.18. The molecule has 5 N–H and O–H groups in total. The number of phosphoric acid groups is 2. The SMILES string of the molecule is CNc1nc(I)nc2c1ncn2[C@H]1C[C@H](OP(=O)(O)O)[C@]2(COP(=O)(O)O)CC12. The second-order valence-corrected chi connectivity index (χ2v) is 10.5. The summed E-state index contributed by atoms with van der Waals surface area (Å²) in [5, 5.41) is 2.95. The zero-order valence-corrected chi connectivity index (χ0v) is 18.9. The van der Waals surface area contributed by atoms with Crippen molar-refractivity contribution in [2.45, 2.75) is 25.0 Å². The van der Waals surface area contributed by atoms with E-state index in [2.05, 4.69) is 24.8 Å². The number of rotatable bonds is 7. The number of nitrogens with zero attached hydrogens (tertiary/aromatic N) is 4. The lowest BCUT2D eigenvalue weighted by Gasteiger charge is -2.24. The number of aromatic nitrogens is 4. The van der Waals surface area contributed by atoms with Gasteiger partial charge < -0.3 is 29.5 Å². The zero-order valence-electron chi connectivity index (χ0n) is 14.9. The molecule has 0 bridgehead atoms. The molecule has 0 spiro atoms.